The fourth-order valence-electron chi connectivity index (χ4n) is 2.50. The van der Waals surface area contributed by atoms with E-state index in [1.165, 1.54) is 4.88 Å². The number of carbonyl (C=O) groups excluding carboxylic acids is 2. The fourth-order valence-corrected chi connectivity index (χ4v) is 3.26. The average molecular weight is 359 g/mol. The molecule has 0 unspecified atom stereocenters. The zero-order chi connectivity index (χ0) is 18.4. The van der Waals surface area contributed by atoms with Gasteiger partial charge in [-0.15, -0.1) is 11.3 Å². The first kappa shape index (κ1) is 19.1. The number of rotatable bonds is 7. The third kappa shape index (κ3) is 5.41. The second-order valence-corrected chi connectivity index (χ2v) is 7.24. The number of nitrogens with one attached hydrogen (secondary N) is 2. The lowest BCUT2D eigenvalue weighted by Gasteiger charge is -2.23. The van der Waals surface area contributed by atoms with E-state index in [9.17, 15) is 9.59 Å². The average Bonchev–Trinajstić information content (AvgIpc) is 3.08. The molecule has 0 saturated heterocycles. The largest absolute Gasteiger partial charge is 0.346 e. The molecule has 0 aliphatic carbocycles. The van der Waals surface area contributed by atoms with E-state index in [1.54, 1.807) is 11.3 Å². The van der Waals surface area contributed by atoms with Gasteiger partial charge in [-0.2, -0.15) is 0 Å². The van der Waals surface area contributed by atoms with Crippen LogP contribution in [-0.4, -0.2) is 36.3 Å². The van der Waals surface area contributed by atoms with Crippen LogP contribution in [-0.2, 0) is 16.1 Å². The Morgan fingerprint density at radius 3 is 2.44 bits per heavy atom. The highest BCUT2D eigenvalue weighted by molar-refractivity contribution is 7.09. The number of benzene rings is 1. The van der Waals surface area contributed by atoms with Crippen LogP contribution in [0.2, 0.25) is 0 Å². The summed E-state index contributed by atoms with van der Waals surface area (Å²) in [6.07, 6.45) is 0. The van der Waals surface area contributed by atoms with Crippen molar-refractivity contribution in [2.24, 2.45) is 0 Å². The van der Waals surface area contributed by atoms with Crippen molar-refractivity contribution >= 4 is 28.8 Å². The van der Waals surface area contributed by atoms with Crippen LogP contribution in [0, 0.1) is 13.8 Å². The summed E-state index contributed by atoms with van der Waals surface area (Å²) in [5, 5.41) is 7.61. The number of nitrogens with zero attached hydrogens (tertiary/aromatic N) is 1. The Labute approximate surface area is 153 Å². The van der Waals surface area contributed by atoms with Crippen LogP contribution in [0.4, 0.5) is 5.69 Å². The highest BCUT2D eigenvalue weighted by atomic mass is 32.1. The van der Waals surface area contributed by atoms with Gasteiger partial charge in [0.15, 0.2) is 0 Å². The Balaban J connectivity index is 1.83. The quantitative estimate of drug-likeness (QED) is 0.799. The molecular weight excluding hydrogens is 334 g/mol. The van der Waals surface area contributed by atoms with Gasteiger partial charge in [0.1, 0.15) is 0 Å². The molecule has 1 aromatic carbocycles. The molecule has 1 atom stereocenters. The minimum atomic E-state index is -0.310. The van der Waals surface area contributed by atoms with Gasteiger partial charge in [0, 0.05) is 17.1 Å². The summed E-state index contributed by atoms with van der Waals surface area (Å²) >= 11 is 1.67. The van der Waals surface area contributed by atoms with Gasteiger partial charge in [-0.1, -0.05) is 24.3 Å². The van der Waals surface area contributed by atoms with Crippen molar-refractivity contribution in [1.29, 1.82) is 0 Å². The topological polar surface area (TPSA) is 61.4 Å². The molecule has 0 fully saturated rings. The Morgan fingerprint density at radius 1 is 1.16 bits per heavy atom. The van der Waals surface area contributed by atoms with Gasteiger partial charge in [-0.3, -0.25) is 14.5 Å². The lowest BCUT2D eigenvalue weighted by Crippen LogP contribution is -2.45. The molecule has 0 bridgehead atoms. The molecule has 2 rings (SSSR count). The van der Waals surface area contributed by atoms with Crippen LogP contribution in [0.1, 0.15) is 22.9 Å². The summed E-state index contributed by atoms with van der Waals surface area (Å²) in [6, 6.07) is 9.58. The van der Waals surface area contributed by atoms with E-state index in [2.05, 4.69) is 10.6 Å². The van der Waals surface area contributed by atoms with Gasteiger partial charge < -0.3 is 10.6 Å². The lowest BCUT2D eigenvalue weighted by atomic mass is 10.1. The molecule has 2 aromatic rings. The number of amides is 2. The Hall–Kier alpha value is -2.18. The van der Waals surface area contributed by atoms with Crippen molar-refractivity contribution < 1.29 is 9.59 Å². The molecule has 6 heteroatoms. The van der Waals surface area contributed by atoms with E-state index in [-0.39, 0.29) is 24.4 Å². The minimum absolute atomic E-state index is 0.0379. The number of aryl methyl sites for hydroxylation is 2. The second-order valence-electron chi connectivity index (χ2n) is 6.20. The Morgan fingerprint density at radius 2 is 1.84 bits per heavy atom. The van der Waals surface area contributed by atoms with Crippen LogP contribution in [0.15, 0.2) is 35.7 Å². The SMILES string of the molecule is Cc1cccc(C)c1NC(=O)CNC(=O)[C@H](C)N(C)Cc1cccs1. The summed E-state index contributed by atoms with van der Waals surface area (Å²) in [7, 11) is 1.90. The van der Waals surface area contributed by atoms with Gasteiger partial charge in [0.2, 0.25) is 11.8 Å². The van der Waals surface area contributed by atoms with Crippen LogP contribution < -0.4 is 10.6 Å². The number of carbonyl (C=O) groups is 2. The second kappa shape index (κ2) is 8.78. The minimum Gasteiger partial charge on any atom is -0.346 e. The first-order valence-corrected chi connectivity index (χ1v) is 9.13. The zero-order valence-electron chi connectivity index (χ0n) is 15.1. The summed E-state index contributed by atoms with van der Waals surface area (Å²) in [6.45, 7) is 6.41. The molecule has 134 valence electrons. The zero-order valence-corrected chi connectivity index (χ0v) is 15.9. The van der Waals surface area contributed by atoms with Gasteiger partial charge >= 0.3 is 0 Å². The standard InChI is InChI=1S/C19H25N3O2S/c1-13-7-5-8-14(2)18(13)21-17(23)11-20-19(24)15(3)22(4)12-16-9-6-10-25-16/h5-10,15H,11-12H2,1-4H3,(H,20,24)(H,21,23)/t15-/m0/s1. The van der Waals surface area contributed by atoms with Gasteiger partial charge in [-0.25, -0.2) is 0 Å². The molecule has 1 heterocycles. The van der Waals surface area contributed by atoms with Crippen LogP contribution in [0.5, 0.6) is 0 Å². The molecular formula is C19H25N3O2S. The molecule has 0 radical (unpaired) electrons. The third-order valence-corrected chi connectivity index (χ3v) is 5.06. The Bertz CT molecular complexity index is 708. The molecule has 0 saturated carbocycles. The fraction of sp³-hybridized carbons (Fsp3) is 0.368. The van der Waals surface area contributed by atoms with E-state index < -0.39 is 0 Å². The van der Waals surface area contributed by atoms with E-state index in [4.69, 9.17) is 0 Å². The van der Waals surface area contributed by atoms with Crippen molar-refractivity contribution in [1.82, 2.24) is 10.2 Å². The maximum atomic E-state index is 12.3. The highest BCUT2D eigenvalue weighted by Crippen LogP contribution is 2.19. The van der Waals surface area contributed by atoms with E-state index in [0.717, 1.165) is 16.8 Å². The molecule has 0 spiro atoms. The smallest absolute Gasteiger partial charge is 0.243 e. The highest BCUT2D eigenvalue weighted by Gasteiger charge is 2.19. The van der Waals surface area contributed by atoms with Crippen molar-refractivity contribution in [2.75, 3.05) is 18.9 Å². The van der Waals surface area contributed by atoms with E-state index in [1.807, 2.05) is 68.4 Å². The summed E-state index contributed by atoms with van der Waals surface area (Å²) in [5.41, 5.74) is 2.82. The molecule has 0 aliphatic rings. The third-order valence-electron chi connectivity index (χ3n) is 4.19. The molecule has 0 aliphatic heterocycles. The molecule has 5 nitrogen and oxygen atoms in total. The van der Waals surface area contributed by atoms with E-state index in [0.29, 0.717) is 6.54 Å². The summed E-state index contributed by atoms with van der Waals surface area (Å²) in [4.78, 5) is 27.6. The first-order valence-electron chi connectivity index (χ1n) is 8.25. The predicted molar refractivity (Wildman–Crippen MR) is 103 cm³/mol. The normalized spacial score (nSPS) is 12.0. The van der Waals surface area contributed by atoms with Gasteiger partial charge in [-0.05, 0) is 50.4 Å². The molecule has 2 amide bonds. The number of para-hydroxylation sites is 1. The first-order chi connectivity index (χ1) is 11.9. The number of thiophene rings is 1. The maximum absolute atomic E-state index is 12.3. The predicted octanol–water partition coefficient (Wildman–Crippen LogP) is 2.94. The Kier molecular flexibility index (Phi) is 6.73. The van der Waals surface area contributed by atoms with Crippen molar-refractivity contribution in [3.63, 3.8) is 0 Å². The molecule has 25 heavy (non-hydrogen) atoms. The summed E-state index contributed by atoms with van der Waals surface area (Å²) < 4.78 is 0. The number of anilines is 1. The number of hydrogen-bond acceptors (Lipinski definition) is 4. The van der Waals surface area contributed by atoms with Gasteiger partial charge in [0.05, 0.1) is 12.6 Å². The molecule has 2 N–H and O–H groups in total. The van der Waals surface area contributed by atoms with Crippen LogP contribution in [0.3, 0.4) is 0 Å². The number of likely N-dealkylation sites (N-methyl/N-ethyl adjacent to an activating group) is 1. The van der Waals surface area contributed by atoms with Crippen LogP contribution in [0.25, 0.3) is 0 Å². The lowest BCUT2D eigenvalue weighted by molar-refractivity contribution is -0.127. The van der Waals surface area contributed by atoms with E-state index >= 15 is 0 Å². The van der Waals surface area contributed by atoms with Crippen molar-refractivity contribution in [3.8, 4) is 0 Å². The van der Waals surface area contributed by atoms with Crippen molar-refractivity contribution in [2.45, 2.75) is 33.4 Å². The number of hydrogen-bond donors (Lipinski definition) is 2. The maximum Gasteiger partial charge on any atom is 0.243 e. The summed E-state index contributed by atoms with van der Waals surface area (Å²) in [5.74, 6) is -0.380. The van der Waals surface area contributed by atoms with Gasteiger partial charge in [0.25, 0.3) is 0 Å². The van der Waals surface area contributed by atoms with Crippen molar-refractivity contribution in [3.05, 3.63) is 51.7 Å². The monoisotopic (exact) mass is 359 g/mol. The van der Waals surface area contributed by atoms with Crippen LogP contribution >= 0.6 is 11.3 Å². The molecule has 1 aromatic heterocycles.